The van der Waals surface area contributed by atoms with Crippen molar-refractivity contribution in [2.75, 3.05) is 43.0 Å². The fraction of sp³-hybridized carbons (Fsp3) is 0.333. The van der Waals surface area contributed by atoms with Gasteiger partial charge in [-0.1, -0.05) is 11.6 Å². The summed E-state index contributed by atoms with van der Waals surface area (Å²) in [7, 11) is 0. The summed E-state index contributed by atoms with van der Waals surface area (Å²) in [6.07, 6.45) is -0.590. The Hall–Kier alpha value is -3.31. The molecule has 2 heterocycles. The summed E-state index contributed by atoms with van der Waals surface area (Å²) in [5.41, 5.74) is 1.45. The first-order valence-corrected chi connectivity index (χ1v) is 11.4. The van der Waals surface area contributed by atoms with E-state index in [-0.39, 0.29) is 25.6 Å². The number of benzene rings is 1. The van der Waals surface area contributed by atoms with Crippen LogP contribution in [0.15, 0.2) is 36.4 Å². The maximum atomic E-state index is 12.3. The summed E-state index contributed by atoms with van der Waals surface area (Å²) in [6.45, 7) is 3.14. The number of anilines is 2. The maximum absolute atomic E-state index is 12.3. The van der Waals surface area contributed by atoms with E-state index in [0.717, 1.165) is 16.9 Å². The van der Waals surface area contributed by atoms with Crippen molar-refractivity contribution >= 4 is 58.7 Å². The van der Waals surface area contributed by atoms with Crippen LogP contribution in [-0.4, -0.2) is 68.2 Å². The Bertz CT molecular complexity index is 999. The zero-order chi connectivity index (χ0) is 23.8. The molecule has 1 aliphatic rings. The third-order valence-corrected chi connectivity index (χ3v) is 5.91. The number of rotatable bonds is 10. The molecule has 1 aromatic carbocycles. The molecule has 2 aromatic rings. The Morgan fingerprint density at radius 3 is 2.73 bits per heavy atom. The number of thiophene rings is 1. The quantitative estimate of drug-likeness (QED) is 0.343. The topological polar surface area (TPSA) is 124 Å². The molecule has 1 saturated heterocycles. The number of amides is 3. The number of cyclic esters (lactones) is 1. The highest BCUT2D eigenvalue weighted by atomic mass is 35.5. The molecular formula is C21H24ClN5O5S. The van der Waals surface area contributed by atoms with Gasteiger partial charge < -0.3 is 20.1 Å². The smallest absolute Gasteiger partial charge is 0.415 e. The predicted molar refractivity (Wildman–Crippen MR) is 127 cm³/mol. The third-order valence-electron chi connectivity index (χ3n) is 4.68. The number of hydrogen-bond donors (Lipinski definition) is 3. The average molecular weight is 494 g/mol. The van der Waals surface area contributed by atoms with Gasteiger partial charge in [-0.05, 0) is 43.3 Å². The number of nitrogens with zero attached hydrogens (tertiary/aromatic N) is 2. The Morgan fingerprint density at radius 1 is 1.33 bits per heavy atom. The Morgan fingerprint density at radius 2 is 2.09 bits per heavy atom. The minimum Gasteiger partial charge on any atom is -0.449 e. The molecule has 10 nitrogen and oxygen atoms in total. The van der Waals surface area contributed by atoms with E-state index in [0.29, 0.717) is 28.0 Å². The van der Waals surface area contributed by atoms with Crippen LogP contribution >= 0.6 is 22.9 Å². The summed E-state index contributed by atoms with van der Waals surface area (Å²) in [4.78, 5) is 39.2. The number of nitrogens with one attached hydrogen (secondary N) is 3. The van der Waals surface area contributed by atoms with E-state index in [1.165, 1.54) is 16.2 Å². The minimum atomic E-state index is -0.567. The average Bonchev–Trinajstić information content (AvgIpc) is 3.41. The van der Waals surface area contributed by atoms with E-state index < -0.39 is 18.3 Å². The molecule has 1 aliphatic heterocycles. The summed E-state index contributed by atoms with van der Waals surface area (Å²) < 4.78 is 10.8. The van der Waals surface area contributed by atoms with Gasteiger partial charge in [0, 0.05) is 24.5 Å². The van der Waals surface area contributed by atoms with Crippen molar-refractivity contribution in [3.8, 4) is 0 Å². The minimum absolute atomic E-state index is 0.195. The summed E-state index contributed by atoms with van der Waals surface area (Å²) in [5.74, 6) is -0.263. The Labute approximate surface area is 199 Å². The molecule has 0 spiro atoms. The third kappa shape index (κ3) is 6.59. The summed E-state index contributed by atoms with van der Waals surface area (Å²) in [6, 6.07) is 10.5. The van der Waals surface area contributed by atoms with Gasteiger partial charge in [0.2, 0.25) is 0 Å². The zero-order valence-electron chi connectivity index (χ0n) is 17.9. The lowest BCUT2D eigenvalue weighted by molar-refractivity contribution is 0.0920. The molecular weight excluding hydrogens is 470 g/mol. The molecule has 0 radical (unpaired) electrons. The van der Waals surface area contributed by atoms with Crippen LogP contribution in [0.4, 0.5) is 21.0 Å². The molecule has 3 N–H and O–H groups in total. The van der Waals surface area contributed by atoms with Gasteiger partial charge in [0.05, 0.1) is 35.2 Å². The van der Waals surface area contributed by atoms with E-state index in [1.54, 1.807) is 43.3 Å². The van der Waals surface area contributed by atoms with Crippen LogP contribution in [0.5, 0.6) is 0 Å². The van der Waals surface area contributed by atoms with Crippen molar-refractivity contribution in [1.82, 2.24) is 10.2 Å². The lowest BCUT2D eigenvalue weighted by Crippen LogP contribution is -2.34. The van der Waals surface area contributed by atoms with Gasteiger partial charge in [0.15, 0.2) is 0 Å². The van der Waals surface area contributed by atoms with Crippen molar-refractivity contribution in [2.45, 2.75) is 13.0 Å². The lowest BCUT2D eigenvalue weighted by Gasteiger charge is -2.17. The Kier molecular flexibility index (Phi) is 8.50. The van der Waals surface area contributed by atoms with E-state index in [1.807, 2.05) is 0 Å². The standard InChI is InChI=1S/C21H24ClN5O5S/c1-2-31-20(29)26(13-23)10-9-24-14-3-5-15(6-4-14)27-12-16(32-21(27)30)11-25-19(28)17-7-8-18(22)33-17/h3-8,13,16,23-24H,2,9-12H2,1H3,(H,25,28). The highest BCUT2D eigenvalue weighted by Gasteiger charge is 2.32. The molecule has 0 bridgehead atoms. The van der Waals surface area contributed by atoms with E-state index in [9.17, 15) is 14.4 Å². The fourth-order valence-corrected chi connectivity index (χ4v) is 4.02. The van der Waals surface area contributed by atoms with Crippen molar-refractivity contribution in [1.29, 1.82) is 5.41 Å². The fourth-order valence-electron chi connectivity index (χ4n) is 3.06. The van der Waals surface area contributed by atoms with Gasteiger partial charge in [-0.3, -0.25) is 20.0 Å². The first-order valence-electron chi connectivity index (χ1n) is 10.2. The van der Waals surface area contributed by atoms with Gasteiger partial charge in [0.1, 0.15) is 6.10 Å². The molecule has 0 saturated carbocycles. The summed E-state index contributed by atoms with van der Waals surface area (Å²) >= 11 is 7.03. The number of carbonyl (C=O) groups excluding carboxylic acids is 3. The van der Waals surface area contributed by atoms with Crippen LogP contribution in [0.2, 0.25) is 4.34 Å². The van der Waals surface area contributed by atoms with Gasteiger partial charge in [-0.2, -0.15) is 0 Å². The molecule has 3 amide bonds. The second-order valence-corrected chi connectivity index (χ2v) is 8.64. The largest absolute Gasteiger partial charge is 0.449 e. The normalized spacial score (nSPS) is 15.0. The van der Waals surface area contributed by atoms with Gasteiger partial charge in [0.25, 0.3) is 5.91 Å². The molecule has 0 aliphatic carbocycles. The van der Waals surface area contributed by atoms with Crippen LogP contribution in [0.3, 0.4) is 0 Å². The van der Waals surface area contributed by atoms with Crippen LogP contribution in [-0.2, 0) is 9.47 Å². The monoisotopic (exact) mass is 493 g/mol. The second kappa shape index (κ2) is 11.5. The number of carbonyl (C=O) groups is 3. The molecule has 1 unspecified atom stereocenters. The highest BCUT2D eigenvalue weighted by Crippen LogP contribution is 2.24. The molecule has 3 rings (SSSR count). The van der Waals surface area contributed by atoms with Crippen LogP contribution < -0.4 is 15.5 Å². The summed E-state index contributed by atoms with van der Waals surface area (Å²) in [5, 5.41) is 13.2. The first-order chi connectivity index (χ1) is 15.9. The van der Waals surface area contributed by atoms with Gasteiger partial charge in [-0.15, -0.1) is 11.3 Å². The SMILES string of the molecule is CCOC(=O)N(C=N)CCNc1ccc(N2CC(CNC(=O)c3ccc(Cl)s3)OC2=O)cc1. The van der Waals surface area contributed by atoms with Crippen LogP contribution in [0.25, 0.3) is 0 Å². The van der Waals surface area contributed by atoms with Crippen LogP contribution in [0, 0.1) is 5.41 Å². The van der Waals surface area contributed by atoms with Crippen molar-refractivity contribution < 1.29 is 23.9 Å². The van der Waals surface area contributed by atoms with E-state index >= 15 is 0 Å². The second-order valence-electron chi connectivity index (χ2n) is 6.93. The molecule has 1 fully saturated rings. The molecule has 1 aromatic heterocycles. The Balaban J connectivity index is 1.47. The van der Waals surface area contributed by atoms with Gasteiger partial charge >= 0.3 is 12.2 Å². The van der Waals surface area contributed by atoms with Crippen molar-refractivity contribution in [3.63, 3.8) is 0 Å². The zero-order valence-corrected chi connectivity index (χ0v) is 19.4. The predicted octanol–water partition coefficient (Wildman–Crippen LogP) is 3.63. The lowest BCUT2D eigenvalue weighted by atomic mass is 10.2. The number of halogens is 1. The number of hydrogen-bond acceptors (Lipinski definition) is 8. The van der Waals surface area contributed by atoms with E-state index in [4.69, 9.17) is 26.5 Å². The van der Waals surface area contributed by atoms with Crippen molar-refractivity contribution in [3.05, 3.63) is 45.6 Å². The first kappa shape index (κ1) is 24.3. The van der Waals surface area contributed by atoms with E-state index in [2.05, 4.69) is 10.6 Å². The molecule has 33 heavy (non-hydrogen) atoms. The number of ether oxygens (including phenoxy) is 2. The molecule has 1 atom stereocenters. The molecule has 176 valence electrons. The van der Waals surface area contributed by atoms with Crippen molar-refractivity contribution in [2.24, 2.45) is 0 Å². The van der Waals surface area contributed by atoms with Gasteiger partial charge in [-0.25, -0.2) is 9.59 Å². The van der Waals surface area contributed by atoms with Crippen LogP contribution in [0.1, 0.15) is 16.6 Å². The maximum Gasteiger partial charge on any atom is 0.415 e. The molecule has 12 heteroatoms. The highest BCUT2D eigenvalue weighted by molar-refractivity contribution is 7.18.